The number of hydrogen-bond acceptors (Lipinski definition) is 10. The van der Waals surface area contributed by atoms with Gasteiger partial charge in [0.2, 0.25) is 17.5 Å². The molecule has 2 aliphatic heterocycles. The summed E-state index contributed by atoms with van der Waals surface area (Å²) in [7, 11) is 0. The second kappa shape index (κ2) is 8.52. The largest absolute Gasteiger partial charge is 0.508 e. The van der Waals surface area contributed by atoms with E-state index >= 15 is 0 Å². The fourth-order valence-corrected chi connectivity index (χ4v) is 4.31. The Balaban J connectivity index is 1.73. The van der Waals surface area contributed by atoms with Crippen LogP contribution >= 0.6 is 0 Å². The van der Waals surface area contributed by atoms with Crippen molar-refractivity contribution in [2.75, 3.05) is 0 Å². The number of aliphatic hydroxyl groups is 3. The van der Waals surface area contributed by atoms with Crippen molar-refractivity contribution in [2.45, 2.75) is 57.1 Å². The highest BCUT2D eigenvalue weighted by molar-refractivity contribution is 5.95. The van der Waals surface area contributed by atoms with Crippen LogP contribution < -0.4 is 14.9 Å². The smallest absolute Gasteiger partial charge is 0.239 e. The standard InChI is InChI=1S/C26H26O10/c1-11-18(29)20(31)21(32)25(33-11)35-24-19(30)17-15(28)10-16-14(8-9-26(2,3)36-16)23(17)34-22(24)12-4-6-13(27)7-5-12/h4-11,18,20-21,25,27-29,31-32H,1-3H3/t11?,18-,20?,21-,25-/m0/s1. The fraction of sp³-hybridized carbons (Fsp3) is 0.346. The Kier molecular flexibility index (Phi) is 5.72. The van der Waals surface area contributed by atoms with E-state index in [-0.39, 0.29) is 22.5 Å². The summed E-state index contributed by atoms with van der Waals surface area (Å²) in [5.74, 6) is -0.570. The maximum atomic E-state index is 13.7. The number of aromatic hydroxyl groups is 2. The van der Waals surface area contributed by atoms with E-state index in [4.69, 9.17) is 18.6 Å². The van der Waals surface area contributed by atoms with Gasteiger partial charge in [-0.2, -0.15) is 0 Å². The molecule has 1 saturated heterocycles. The van der Waals surface area contributed by atoms with Gasteiger partial charge >= 0.3 is 0 Å². The quantitative estimate of drug-likeness (QED) is 0.363. The Hall–Kier alpha value is -3.57. The molecule has 0 bridgehead atoms. The van der Waals surface area contributed by atoms with Crippen LogP contribution in [0.3, 0.4) is 0 Å². The minimum atomic E-state index is -1.69. The molecule has 2 aromatic carbocycles. The highest BCUT2D eigenvalue weighted by atomic mass is 16.7. The second-order valence-corrected chi connectivity index (χ2v) is 9.49. The van der Waals surface area contributed by atoms with Gasteiger partial charge in [-0.1, -0.05) is 0 Å². The molecule has 0 amide bonds. The average Bonchev–Trinajstić information content (AvgIpc) is 2.82. The monoisotopic (exact) mass is 498 g/mol. The van der Waals surface area contributed by atoms with Crippen molar-refractivity contribution >= 4 is 17.0 Å². The maximum Gasteiger partial charge on any atom is 0.239 e. The third kappa shape index (κ3) is 3.97. The first-order valence-corrected chi connectivity index (χ1v) is 11.4. The zero-order valence-electron chi connectivity index (χ0n) is 19.7. The lowest BCUT2D eigenvalue weighted by molar-refractivity contribution is -0.268. The normalized spacial score (nSPS) is 26.9. The summed E-state index contributed by atoms with van der Waals surface area (Å²) in [6.07, 6.45) is -3.56. The summed E-state index contributed by atoms with van der Waals surface area (Å²) in [5, 5.41) is 51.0. The predicted molar refractivity (Wildman–Crippen MR) is 128 cm³/mol. The molecule has 5 atom stereocenters. The highest BCUT2D eigenvalue weighted by Gasteiger charge is 2.44. The van der Waals surface area contributed by atoms with Gasteiger partial charge in [-0.05, 0) is 57.2 Å². The number of phenols is 2. The molecule has 2 aliphatic rings. The maximum absolute atomic E-state index is 13.7. The molecule has 190 valence electrons. The molecule has 0 aliphatic carbocycles. The van der Waals surface area contributed by atoms with Crippen LogP contribution in [0.2, 0.25) is 0 Å². The third-order valence-electron chi connectivity index (χ3n) is 6.30. The summed E-state index contributed by atoms with van der Waals surface area (Å²) >= 11 is 0. The van der Waals surface area contributed by atoms with Crippen LogP contribution in [0.4, 0.5) is 0 Å². The molecular formula is C26H26O10. The first kappa shape index (κ1) is 24.1. The van der Waals surface area contributed by atoms with Crippen LogP contribution in [-0.4, -0.2) is 61.8 Å². The molecule has 0 saturated carbocycles. The molecule has 2 unspecified atom stereocenters. The zero-order valence-corrected chi connectivity index (χ0v) is 19.7. The van der Waals surface area contributed by atoms with Crippen molar-refractivity contribution in [2.24, 2.45) is 0 Å². The van der Waals surface area contributed by atoms with Gasteiger partial charge in [0.05, 0.1) is 11.7 Å². The van der Waals surface area contributed by atoms with Crippen LogP contribution in [0.5, 0.6) is 23.0 Å². The van der Waals surface area contributed by atoms with E-state index in [1.165, 1.54) is 37.3 Å². The van der Waals surface area contributed by atoms with Gasteiger partial charge < -0.3 is 44.2 Å². The summed E-state index contributed by atoms with van der Waals surface area (Å²) < 4.78 is 23.4. The minimum Gasteiger partial charge on any atom is -0.508 e. The number of phenolic OH excluding ortho intramolecular Hbond substituents is 2. The fourth-order valence-electron chi connectivity index (χ4n) is 4.31. The molecule has 10 nitrogen and oxygen atoms in total. The number of ether oxygens (including phenoxy) is 3. The molecule has 0 radical (unpaired) electrons. The number of fused-ring (bicyclic) bond motifs is 3. The van der Waals surface area contributed by atoms with Crippen molar-refractivity contribution < 1.29 is 44.2 Å². The predicted octanol–water partition coefficient (Wildman–Crippen LogP) is 2.26. The first-order valence-electron chi connectivity index (χ1n) is 11.4. The van der Waals surface area contributed by atoms with Crippen molar-refractivity contribution in [1.82, 2.24) is 0 Å². The average molecular weight is 498 g/mol. The Labute approximate surface area is 205 Å². The molecule has 36 heavy (non-hydrogen) atoms. The van der Waals surface area contributed by atoms with E-state index < -0.39 is 53.2 Å². The lowest BCUT2D eigenvalue weighted by Gasteiger charge is -2.38. The molecule has 1 aromatic heterocycles. The van der Waals surface area contributed by atoms with Gasteiger partial charge in [0.25, 0.3) is 0 Å². The van der Waals surface area contributed by atoms with E-state index in [0.717, 1.165) is 0 Å². The third-order valence-corrected chi connectivity index (χ3v) is 6.30. The Morgan fingerprint density at radius 3 is 2.39 bits per heavy atom. The van der Waals surface area contributed by atoms with E-state index in [0.29, 0.717) is 16.9 Å². The molecule has 3 heterocycles. The van der Waals surface area contributed by atoms with E-state index in [1.54, 1.807) is 12.2 Å². The minimum absolute atomic E-state index is 0.0186. The van der Waals surface area contributed by atoms with Crippen molar-refractivity contribution in [1.29, 1.82) is 0 Å². The first-order chi connectivity index (χ1) is 17.0. The van der Waals surface area contributed by atoms with Gasteiger partial charge in [0, 0.05) is 11.6 Å². The van der Waals surface area contributed by atoms with Crippen molar-refractivity contribution in [3.63, 3.8) is 0 Å². The molecule has 0 spiro atoms. The molecule has 3 aromatic rings. The Morgan fingerprint density at radius 1 is 1.00 bits per heavy atom. The van der Waals surface area contributed by atoms with Gasteiger partial charge in [-0.3, -0.25) is 4.79 Å². The van der Waals surface area contributed by atoms with Crippen LogP contribution in [-0.2, 0) is 4.74 Å². The molecule has 5 rings (SSSR count). The number of rotatable bonds is 3. The Bertz CT molecular complexity index is 1410. The summed E-state index contributed by atoms with van der Waals surface area (Å²) in [4.78, 5) is 13.7. The van der Waals surface area contributed by atoms with Crippen molar-refractivity contribution in [3.05, 3.63) is 52.2 Å². The van der Waals surface area contributed by atoms with Gasteiger partial charge in [-0.25, -0.2) is 0 Å². The number of hydrogen-bond donors (Lipinski definition) is 5. The second-order valence-electron chi connectivity index (χ2n) is 9.49. The van der Waals surface area contributed by atoms with Gasteiger partial charge in [-0.15, -0.1) is 0 Å². The number of benzene rings is 2. The topological polar surface area (TPSA) is 159 Å². The molecule has 5 N–H and O–H groups in total. The van der Waals surface area contributed by atoms with E-state index in [1.807, 2.05) is 13.8 Å². The molecular weight excluding hydrogens is 472 g/mol. The van der Waals surface area contributed by atoms with Crippen LogP contribution in [0.15, 0.2) is 45.6 Å². The van der Waals surface area contributed by atoms with Gasteiger partial charge in [0.15, 0.2) is 11.3 Å². The van der Waals surface area contributed by atoms with E-state index in [9.17, 15) is 30.3 Å². The zero-order chi connectivity index (χ0) is 25.9. The lowest BCUT2D eigenvalue weighted by Crippen LogP contribution is -2.58. The summed E-state index contributed by atoms with van der Waals surface area (Å²) in [6, 6.07) is 7.09. The SMILES string of the molecule is CC1O[C@@H](Oc2c(-c3ccc(O)cc3)oc3c4c(cc(O)c3c2=O)OC(C)(C)C=C4)[C@@H](O)C(O)[C@H]1O. The van der Waals surface area contributed by atoms with Crippen LogP contribution in [0.1, 0.15) is 26.3 Å². The van der Waals surface area contributed by atoms with Crippen molar-refractivity contribution in [3.8, 4) is 34.3 Å². The molecule has 1 fully saturated rings. The lowest BCUT2D eigenvalue weighted by atomic mass is 9.99. The van der Waals surface area contributed by atoms with Crippen LogP contribution in [0.25, 0.3) is 28.4 Å². The molecule has 10 heteroatoms. The summed E-state index contributed by atoms with van der Waals surface area (Å²) in [6.45, 7) is 5.15. The van der Waals surface area contributed by atoms with E-state index in [2.05, 4.69) is 0 Å². The van der Waals surface area contributed by atoms with Crippen LogP contribution in [0, 0.1) is 0 Å². The highest BCUT2D eigenvalue weighted by Crippen LogP contribution is 2.43. The number of aliphatic hydroxyl groups excluding tert-OH is 3. The van der Waals surface area contributed by atoms with Gasteiger partial charge in [0.1, 0.15) is 46.5 Å². The summed E-state index contributed by atoms with van der Waals surface area (Å²) in [5.41, 5.74) is -0.578. The Morgan fingerprint density at radius 2 is 1.69 bits per heavy atom.